The van der Waals surface area contributed by atoms with E-state index in [2.05, 4.69) is 36.5 Å². The SMILES string of the molecule is CC(C)n1c(CNC(=O)c2nn(-c3ccc(F)cc3)cc2Br)n[nH]c1=S. The third kappa shape index (κ3) is 3.75. The van der Waals surface area contributed by atoms with Crippen molar-refractivity contribution in [1.82, 2.24) is 29.9 Å². The van der Waals surface area contributed by atoms with Crippen molar-refractivity contribution >= 4 is 34.1 Å². The van der Waals surface area contributed by atoms with Gasteiger partial charge in [-0.15, -0.1) is 0 Å². The Balaban J connectivity index is 1.77. The third-order valence-electron chi connectivity index (χ3n) is 3.68. The normalized spacial score (nSPS) is 11.1. The van der Waals surface area contributed by atoms with Crippen molar-refractivity contribution in [2.45, 2.75) is 26.4 Å². The lowest BCUT2D eigenvalue weighted by atomic mass is 10.3. The van der Waals surface area contributed by atoms with Crippen molar-refractivity contribution in [3.63, 3.8) is 0 Å². The number of hydrogen-bond acceptors (Lipinski definition) is 4. The van der Waals surface area contributed by atoms with Crippen LogP contribution in [0.4, 0.5) is 4.39 Å². The first kappa shape index (κ1) is 18.5. The Morgan fingerprint density at radius 1 is 1.38 bits per heavy atom. The number of aromatic nitrogens is 5. The van der Waals surface area contributed by atoms with Crippen LogP contribution in [0.2, 0.25) is 0 Å². The maximum atomic E-state index is 13.0. The minimum Gasteiger partial charge on any atom is -0.343 e. The zero-order chi connectivity index (χ0) is 18.8. The third-order valence-corrected chi connectivity index (χ3v) is 4.55. The quantitative estimate of drug-likeness (QED) is 0.596. The highest BCUT2D eigenvalue weighted by atomic mass is 79.9. The summed E-state index contributed by atoms with van der Waals surface area (Å²) in [5, 5.41) is 13.9. The maximum absolute atomic E-state index is 13.0. The van der Waals surface area contributed by atoms with E-state index in [1.54, 1.807) is 18.3 Å². The molecule has 10 heteroatoms. The fourth-order valence-corrected chi connectivity index (χ4v) is 3.29. The smallest absolute Gasteiger partial charge is 0.273 e. The van der Waals surface area contributed by atoms with Gasteiger partial charge < -0.3 is 9.88 Å². The molecule has 7 nitrogen and oxygen atoms in total. The summed E-state index contributed by atoms with van der Waals surface area (Å²) in [6.07, 6.45) is 1.65. The zero-order valence-corrected chi connectivity index (χ0v) is 16.4. The Hall–Kier alpha value is -2.33. The van der Waals surface area contributed by atoms with E-state index < -0.39 is 0 Å². The van der Waals surface area contributed by atoms with Crippen molar-refractivity contribution in [1.29, 1.82) is 0 Å². The van der Waals surface area contributed by atoms with E-state index in [0.717, 1.165) is 0 Å². The fraction of sp³-hybridized carbons (Fsp3) is 0.250. The topological polar surface area (TPSA) is 80.5 Å². The molecule has 2 N–H and O–H groups in total. The van der Waals surface area contributed by atoms with Gasteiger partial charge in [-0.3, -0.25) is 9.89 Å². The number of halogens is 2. The minimum absolute atomic E-state index is 0.123. The molecule has 0 radical (unpaired) electrons. The number of nitrogens with one attached hydrogen (secondary N) is 2. The lowest BCUT2D eigenvalue weighted by Gasteiger charge is -2.10. The first-order valence-electron chi connectivity index (χ1n) is 7.82. The molecule has 2 heterocycles. The van der Waals surface area contributed by atoms with Crippen LogP contribution >= 0.6 is 28.1 Å². The maximum Gasteiger partial charge on any atom is 0.273 e. The van der Waals surface area contributed by atoms with Crippen LogP contribution in [0.5, 0.6) is 0 Å². The van der Waals surface area contributed by atoms with Gasteiger partial charge in [0.05, 0.1) is 16.7 Å². The predicted molar refractivity (Wildman–Crippen MR) is 100 cm³/mol. The second kappa shape index (κ2) is 7.50. The number of H-pyrrole nitrogens is 1. The Kier molecular flexibility index (Phi) is 5.33. The molecule has 0 bridgehead atoms. The van der Waals surface area contributed by atoms with Crippen molar-refractivity contribution in [3.8, 4) is 5.69 Å². The van der Waals surface area contributed by atoms with Gasteiger partial charge in [0.2, 0.25) is 0 Å². The zero-order valence-electron chi connectivity index (χ0n) is 14.0. The van der Waals surface area contributed by atoms with Crippen LogP contribution in [0.3, 0.4) is 0 Å². The van der Waals surface area contributed by atoms with E-state index >= 15 is 0 Å². The standard InChI is InChI=1S/C16H16BrFN6OS/c1-9(2)24-13(20-21-16(24)26)7-19-15(25)14-12(17)8-23(22-14)11-5-3-10(18)4-6-11/h3-6,8-9H,7H2,1-2H3,(H,19,25)(H,21,26). The van der Waals surface area contributed by atoms with Gasteiger partial charge in [-0.2, -0.15) is 10.2 Å². The van der Waals surface area contributed by atoms with Crippen LogP contribution < -0.4 is 5.32 Å². The number of rotatable bonds is 5. The summed E-state index contributed by atoms with van der Waals surface area (Å²) in [7, 11) is 0. The van der Waals surface area contributed by atoms with Crippen LogP contribution in [-0.2, 0) is 6.54 Å². The molecule has 0 atom stereocenters. The highest BCUT2D eigenvalue weighted by Crippen LogP contribution is 2.18. The molecular weight excluding hydrogens is 423 g/mol. The molecule has 0 aliphatic carbocycles. The van der Waals surface area contributed by atoms with Crippen LogP contribution in [-0.4, -0.2) is 30.5 Å². The van der Waals surface area contributed by atoms with Crippen molar-refractivity contribution in [3.05, 3.63) is 57.0 Å². The molecule has 0 spiro atoms. The number of amides is 1. The molecule has 0 fully saturated rings. The van der Waals surface area contributed by atoms with Gasteiger partial charge >= 0.3 is 0 Å². The van der Waals surface area contributed by atoms with E-state index in [0.29, 0.717) is 20.8 Å². The first-order valence-corrected chi connectivity index (χ1v) is 9.02. The summed E-state index contributed by atoms with van der Waals surface area (Å²) in [6.45, 7) is 4.18. The largest absolute Gasteiger partial charge is 0.343 e. The Morgan fingerprint density at radius 3 is 2.73 bits per heavy atom. The lowest BCUT2D eigenvalue weighted by molar-refractivity contribution is 0.0943. The summed E-state index contributed by atoms with van der Waals surface area (Å²) in [6, 6.07) is 5.95. The molecule has 3 rings (SSSR count). The monoisotopic (exact) mass is 438 g/mol. The van der Waals surface area contributed by atoms with Crippen molar-refractivity contribution < 1.29 is 9.18 Å². The highest BCUT2D eigenvalue weighted by molar-refractivity contribution is 9.10. The molecule has 136 valence electrons. The second-order valence-electron chi connectivity index (χ2n) is 5.84. The number of carbonyl (C=O) groups excluding carboxylic acids is 1. The Labute approximate surface area is 162 Å². The van der Waals surface area contributed by atoms with E-state index in [-0.39, 0.29) is 30.0 Å². The second-order valence-corrected chi connectivity index (χ2v) is 7.08. The Morgan fingerprint density at radius 2 is 2.08 bits per heavy atom. The van der Waals surface area contributed by atoms with Gasteiger partial charge in [0.25, 0.3) is 5.91 Å². The summed E-state index contributed by atoms with van der Waals surface area (Å²) in [4.78, 5) is 12.5. The highest BCUT2D eigenvalue weighted by Gasteiger charge is 2.17. The molecule has 2 aromatic heterocycles. The summed E-state index contributed by atoms with van der Waals surface area (Å²) in [5.41, 5.74) is 0.867. The fourth-order valence-electron chi connectivity index (χ4n) is 2.47. The van der Waals surface area contributed by atoms with Gasteiger partial charge in [0.1, 0.15) is 5.82 Å². The summed E-state index contributed by atoms with van der Waals surface area (Å²) < 4.78 is 17.4. The number of benzene rings is 1. The average Bonchev–Trinajstić information content (AvgIpc) is 3.16. The molecule has 0 unspecified atom stereocenters. The van der Waals surface area contributed by atoms with Crippen molar-refractivity contribution in [2.24, 2.45) is 0 Å². The van der Waals surface area contributed by atoms with E-state index in [1.807, 2.05) is 18.4 Å². The van der Waals surface area contributed by atoms with Crippen LogP contribution in [0.15, 0.2) is 34.9 Å². The summed E-state index contributed by atoms with van der Waals surface area (Å²) in [5.74, 6) is -0.0640. The molecule has 1 aromatic carbocycles. The molecular formula is C16H16BrFN6OS. The van der Waals surface area contributed by atoms with Gasteiger partial charge in [-0.1, -0.05) is 0 Å². The number of carbonyl (C=O) groups is 1. The van der Waals surface area contributed by atoms with E-state index in [1.165, 1.54) is 16.8 Å². The molecule has 0 aliphatic heterocycles. The van der Waals surface area contributed by atoms with E-state index in [4.69, 9.17) is 12.2 Å². The van der Waals surface area contributed by atoms with Crippen LogP contribution in [0.1, 0.15) is 36.2 Å². The van der Waals surface area contributed by atoms with Crippen molar-refractivity contribution in [2.75, 3.05) is 0 Å². The average molecular weight is 439 g/mol. The summed E-state index contributed by atoms with van der Waals surface area (Å²) >= 11 is 8.53. The Bertz CT molecular complexity index is 991. The number of nitrogens with zero attached hydrogens (tertiary/aromatic N) is 4. The van der Waals surface area contributed by atoms with Gasteiger partial charge in [0.15, 0.2) is 16.3 Å². The van der Waals surface area contributed by atoms with Crippen LogP contribution in [0.25, 0.3) is 5.69 Å². The van der Waals surface area contributed by atoms with E-state index in [9.17, 15) is 9.18 Å². The van der Waals surface area contributed by atoms with Gasteiger partial charge in [-0.05, 0) is 66.3 Å². The lowest BCUT2D eigenvalue weighted by Crippen LogP contribution is -2.26. The minimum atomic E-state index is -0.359. The van der Waals surface area contributed by atoms with Gasteiger partial charge in [-0.25, -0.2) is 9.07 Å². The first-order chi connectivity index (χ1) is 12.4. The number of aromatic amines is 1. The molecule has 3 aromatic rings. The van der Waals surface area contributed by atoms with Crippen LogP contribution in [0, 0.1) is 10.6 Å². The molecule has 0 aliphatic rings. The molecule has 0 saturated heterocycles. The molecule has 26 heavy (non-hydrogen) atoms. The van der Waals surface area contributed by atoms with Gasteiger partial charge in [0, 0.05) is 12.2 Å². The molecule has 1 amide bonds. The molecule has 0 saturated carbocycles. The predicted octanol–water partition coefficient (Wildman–Crippen LogP) is 3.54. The number of hydrogen-bond donors (Lipinski definition) is 2.